The van der Waals surface area contributed by atoms with E-state index in [4.69, 9.17) is 4.18 Å². The van der Waals surface area contributed by atoms with E-state index in [1.165, 1.54) is 0 Å². The average Bonchev–Trinajstić information content (AvgIpc) is 2.53. The van der Waals surface area contributed by atoms with Crippen LogP contribution in [0.4, 0.5) is 0 Å². The van der Waals surface area contributed by atoms with Crippen molar-refractivity contribution in [1.29, 1.82) is 0 Å². The third kappa shape index (κ3) is 3.16. The van der Waals surface area contributed by atoms with Gasteiger partial charge in [0.25, 0.3) is 10.1 Å². The molecule has 5 heteroatoms. The van der Waals surface area contributed by atoms with Crippen LogP contribution in [0.2, 0.25) is 0 Å². The van der Waals surface area contributed by atoms with Crippen molar-refractivity contribution < 1.29 is 12.6 Å². The van der Waals surface area contributed by atoms with E-state index < -0.39 is 10.1 Å². The Morgan fingerprint density at radius 1 is 0.955 bits per heavy atom. The molecule has 1 aromatic heterocycles. The van der Waals surface area contributed by atoms with E-state index in [-0.39, 0.29) is 11.5 Å². The second-order valence-corrected chi connectivity index (χ2v) is 6.64. The highest BCUT2D eigenvalue weighted by atomic mass is 32.2. The lowest BCUT2D eigenvalue weighted by Crippen LogP contribution is -2.07. The fraction of sp³-hybridized carbons (Fsp3) is 0.118. The van der Waals surface area contributed by atoms with Gasteiger partial charge in [-0.2, -0.15) is 8.42 Å². The number of fused-ring (bicyclic) bond motifs is 1. The summed E-state index contributed by atoms with van der Waals surface area (Å²) in [5.41, 5.74) is 2.39. The summed E-state index contributed by atoms with van der Waals surface area (Å²) in [6, 6.07) is 17.9. The smallest absolute Gasteiger partial charge is 0.260 e. The normalized spacial score (nSPS) is 11.7. The standard InChI is InChI=1S/C17H15NO3S/c1-13-6-10-16(11-7-13)22(19,20)21-12-15-9-8-14-4-2-3-5-17(14)18-15/h2-11H,12H2,1H3. The zero-order valence-electron chi connectivity index (χ0n) is 12.1. The van der Waals surface area contributed by atoms with Crippen LogP contribution in [0.15, 0.2) is 65.6 Å². The molecule has 0 saturated carbocycles. The summed E-state index contributed by atoms with van der Waals surface area (Å²) in [6.07, 6.45) is 0. The van der Waals surface area contributed by atoms with Gasteiger partial charge in [-0.15, -0.1) is 0 Å². The van der Waals surface area contributed by atoms with E-state index in [9.17, 15) is 8.42 Å². The third-order valence-corrected chi connectivity index (χ3v) is 4.61. The number of hydrogen-bond donors (Lipinski definition) is 0. The molecular weight excluding hydrogens is 298 g/mol. The summed E-state index contributed by atoms with van der Waals surface area (Å²) in [6.45, 7) is 1.82. The second-order valence-electron chi connectivity index (χ2n) is 5.02. The predicted molar refractivity (Wildman–Crippen MR) is 84.9 cm³/mol. The molecule has 3 rings (SSSR count). The van der Waals surface area contributed by atoms with E-state index in [0.717, 1.165) is 16.5 Å². The van der Waals surface area contributed by atoms with Crippen LogP contribution < -0.4 is 0 Å². The van der Waals surface area contributed by atoms with Crippen molar-refractivity contribution in [2.24, 2.45) is 0 Å². The fourth-order valence-corrected chi connectivity index (χ4v) is 2.98. The molecule has 1 heterocycles. The Bertz CT molecular complexity index is 903. The number of nitrogens with zero attached hydrogens (tertiary/aromatic N) is 1. The Kier molecular flexibility index (Phi) is 3.92. The maximum absolute atomic E-state index is 12.1. The molecule has 0 fully saturated rings. The highest BCUT2D eigenvalue weighted by Crippen LogP contribution is 2.16. The van der Waals surface area contributed by atoms with Crippen molar-refractivity contribution in [3.63, 3.8) is 0 Å². The Morgan fingerprint density at radius 2 is 1.68 bits per heavy atom. The van der Waals surface area contributed by atoms with E-state index in [1.807, 2.05) is 37.3 Å². The lowest BCUT2D eigenvalue weighted by Gasteiger charge is -2.06. The van der Waals surface area contributed by atoms with Crippen LogP contribution >= 0.6 is 0 Å². The van der Waals surface area contributed by atoms with Crippen LogP contribution in [-0.4, -0.2) is 13.4 Å². The summed E-state index contributed by atoms with van der Waals surface area (Å²) in [5, 5.41) is 1.01. The van der Waals surface area contributed by atoms with Crippen LogP contribution in [0.3, 0.4) is 0 Å². The monoisotopic (exact) mass is 313 g/mol. The van der Waals surface area contributed by atoms with Gasteiger partial charge in [-0.3, -0.25) is 9.17 Å². The maximum atomic E-state index is 12.1. The largest absolute Gasteiger partial charge is 0.297 e. The van der Waals surface area contributed by atoms with E-state index in [2.05, 4.69) is 4.98 Å². The zero-order chi connectivity index (χ0) is 15.6. The van der Waals surface area contributed by atoms with Crippen LogP contribution in [0.1, 0.15) is 11.3 Å². The molecule has 112 valence electrons. The van der Waals surface area contributed by atoms with Gasteiger partial charge in [0.2, 0.25) is 0 Å². The number of benzene rings is 2. The molecule has 0 spiro atoms. The van der Waals surface area contributed by atoms with Gasteiger partial charge < -0.3 is 0 Å². The quantitative estimate of drug-likeness (QED) is 0.692. The van der Waals surface area contributed by atoms with Gasteiger partial charge >= 0.3 is 0 Å². The first-order valence-corrected chi connectivity index (χ1v) is 8.26. The number of aromatic nitrogens is 1. The maximum Gasteiger partial charge on any atom is 0.297 e. The first kappa shape index (κ1) is 14.7. The van der Waals surface area contributed by atoms with E-state index >= 15 is 0 Å². The van der Waals surface area contributed by atoms with Gasteiger partial charge in [-0.05, 0) is 31.2 Å². The highest BCUT2D eigenvalue weighted by molar-refractivity contribution is 7.86. The molecule has 2 aromatic carbocycles. The van der Waals surface area contributed by atoms with Gasteiger partial charge in [0.1, 0.15) is 6.61 Å². The molecule has 0 aliphatic carbocycles. The molecular formula is C17H15NO3S. The van der Waals surface area contributed by atoms with E-state index in [0.29, 0.717) is 5.69 Å². The molecule has 22 heavy (non-hydrogen) atoms. The van der Waals surface area contributed by atoms with Crippen LogP contribution in [0.5, 0.6) is 0 Å². The summed E-state index contributed by atoms with van der Waals surface area (Å²) in [7, 11) is -3.77. The van der Waals surface area contributed by atoms with Crippen molar-refractivity contribution in [3.8, 4) is 0 Å². The molecule has 0 unspecified atom stereocenters. The first-order valence-electron chi connectivity index (χ1n) is 6.85. The Balaban J connectivity index is 1.79. The van der Waals surface area contributed by atoms with Crippen LogP contribution in [0.25, 0.3) is 10.9 Å². The lowest BCUT2D eigenvalue weighted by molar-refractivity contribution is 0.304. The summed E-state index contributed by atoms with van der Waals surface area (Å²) >= 11 is 0. The summed E-state index contributed by atoms with van der Waals surface area (Å²) < 4.78 is 29.4. The number of rotatable bonds is 4. The average molecular weight is 313 g/mol. The fourth-order valence-electron chi connectivity index (χ4n) is 2.10. The van der Waals surface area contributed by atoms with Crippen molar-refractivity contribution in [3.05, 3.63) is 71.9 Å². The predicted octanol–water partition coefficient (Wildman–Crippen LogP) is 3.45. The minimum atomic E-state index is -3.77. The molecule has 0 saturated heterocycles. The minimum Gasteiger partial charge on any atom is -0.260 e. The SMILES string of the molecule is Cc1ccc(S(=O)(=O)OCc2ccc3ccccc3n2)cc1. The van der Waals surface area contributed by atoms with Gasteiger partial charge in [-0.25, -0.2) is 0 Å². The van der Waals surface area contributed by atoms with Gasteiger partial charge in [0.05, 0.1) is 16.1 Å². The first-order chi connectivity index (χ1) is 10.5. The summed E-state index contributed by atoms with van der Waals surface area (Å²) in [4.78, 5) is 4.55. The second kappa shape index (κ2) is 5.87. The Hall–Kier alpha value is -2.24. The van der Waals surface area contributed by atoms with Crippen molar-refractivity contribution in [1.82, 2.24) is 4.98 Å². The molecule has 0 aliphatic heterocycles. The zero-order valence-corrected chi connectivity index (χ0v) is 12.9. The molecule has 0 bridgehead atoms. The Labute approximate surface area is 129 Å². The van der Waals surface area contributed by atoms with Crippen LogP contribution in [-0.2, 0) is 20.9 Å². The van der Waals surface area contributed by atoms with Crippen molar-refractivity contribution in [2.45, 2.75) is 18.4 Å². The third-order valence-electron chi connectivity index (χ3n) is 3.33. The minimum absolute atomic E-state index is 0.0823. The van der Waals surface area contributed by atoms with Gasteiger partial charge in [0, 0.05) is 5.39 Å². The molecule has 0 amide bonds. The number of hydrogen-bond acceptors (Lipinski definition) is 4. The van der Waals surface area contributed by atoms with Gasteiger partial charge in [-0.1, -0.05) is 42.0 Å². The van der Waals surface area contributed by atoms with Crippen LogP contribution in [0, 0.1) is 6.92 Å². The van der Waals surface area contributed by atoms with Crippen molar-refractivity contribution >= 4 is 21.0 Å². The topological polar surface area (TPSA) is 56.3 Å². The lowest BCUT2D eigenvalue weighted by atomic mass is 10.2. The molecule has 0 radical (unpaired) electrons. The van der Waals surface area contributed by atoms with Crippen molar-refractivity contribution in [2.75, 3.05) is 0 Å². The molecule has 0 N–H and O–H groups in total. The molecule has 4 nitrogen and oxygen atoms in total. The van der Waals surface area contributed by atoms with Gasteiger partial charge in [0.15, 0.2) is 0 Å². The highest BCUT2D eigenvalue weighted by Gasteiger charge is 2.15. The summed E-state index contributed by atoms with van der Waals surface area (Å²) in [5.74, 6) is 0. The Morgan fingerprint density at radius 3 is 2.45 bits per heavy atom. The molecule has 0 aliphatic rings. The van der Waals surface area contributed by atoms with E-state index in [1.54, 1.807) is 30.3 Å². The molecule has 3 aromatic rings. The molecule has 0 atom stereocenters. The number of para-hydroxylation sites is 1. The number of pyridine rings is 1. The number of aryl methyl sites for hydroxylation is 1.